The molecular weight excluding hydrogens is 332 g/mol. The van der Waals surface area contributed by atoms with E-state index in [0.717, 1.165) is 39.6 Å². The molecule has 0 radical (unpaired) electrons. The van der Waals surface area contributed by atoms with Crippen molar-refractivity contribution in [2.24, 2.45) is 10.1 Å². The number of benzene rings is 3. The molecule has 1 aliphatic rings. The molecule has 3 aromatic rings. The Morgan fingerprint density at radius 2 is 1.56 bits per heavy atom. The number of anilines is 1. The molecule has 0 saturated heterocycles. The highest BCUT2D eigenvalue weighted by Crippen LogP contribution is 2.27. The highest BCUT2D eigenvalue weighted by molar-refractivity contribution is 6.18. The number of hydrogen-bond donors (Lipinski definition) is 1. The van der Waals surface area contributed by atoms with Gasteiger partial charge in [-0.2, -0.15) is 5.10 Å². The molecule has 0 saturated carbocycles. The molecule has 0 spiro atoms. The first-order valence-corrected chi connectivity index (χ1v) is 8.98. The van der Waals surface area contributed by atoms with Gasteiger partial charge in [-0.15, -0.1) is 0 Å². The zero-order valence-corrected chi connectivity index (χ0v) is 15.8. The van der Waals surface area contributed by atoms with Crippen LogP contribution in [0.2, 0.25) is 0 Å². The quantitative estimate of drug-likeness (QED) is 0.752. The lowest BCUT2D eigenvalue weighted by Crippen LogP contribution is -2.19. The van der Waals surface area contributed by atoms with Gasteiger partial charge in [0.25, 0.3) is 0 Å². The first-order chi connectivity index (χ1) is 13.1. The fraction of sp³-hybridized carbons (Fsp3) is 0.130. The van der Waals surface area contributed by atoms with Crippen molar-refractivity contribution in [3.8, 4) is 0 Å². The molecule has 0 unspecified atom stereocenters. The minimum atomic E-state index is 0.751. The molecule has 3 aromatic carbocycles. The molecule has 4 heteroatoms. The Morgan fingerprint density at radius 3 is 2.26 bits per heavy atom. The van der Waals surface area contributed by atoms with Crippen molar-refractivity contribution in [1.82, 2.24) is 5.43 Å². The van der Waals surface area contributed by atoms with Gasteiger partial charge < -0.3 is 4.90 Å². The number of fused-ring (bicyclic) bond motifs is 1. The fourth-order valence-electron chi connectivity index (χ4n) is 3.11. The number of nitrogens with one attached hydrogen (secondary N) is 1. The van der Waals surface area contributed by atoms with E-state index in [0.29, 0.717) is 0 Å². The second-order valence-electron chi connectivity index (χ2n) is 6.86. The van der Waals surface area contributed by atoms with Gasteiger partial charge in [-0.25, -0.2) is 4.99 Å². The molecule has 0 bridgehead atoms. The third kappa shape index (κ3) is 3.47. The molecular formula is C23H22N4. The SMILES string of the molecule is Cc1ccc2c(c1)C(c1ccc(N(C)C)cc1)=NNC(c1ccccc1)=N2. The van der Waals surface area contributed by atoms with Gasteiger partial charge in [0.2, 0.25) is 0 Å². The summed E-state index contributed by atoms with van der Waals surface area (Å²) < 4.78 is 0. The molecule has 1 aliphatic heterocycles. The molecule has 4 nitrogen and oxygen atoms in total. The van der Waals surface area contributed by atoms with E-state index in [2.05, 4.69) is 59.7 Å². The Hall–Kier alpha value is -3.40. The molecule has 0 amide bonds. The summed E-state index contributed by atoms with van der Waals surface area (Å²) in [7, 11) is 4.08. The normalized spacial score (nSPS) is 13.0. The first kappa shape index (κ1) is 17.0. The van der Waals surface area contributed by atoms with Crippen LogP contribution in [0.1, 0.15) is 22.3 Å². The smallest absolute Gasteiger partial charge is 0.154 e. The average Bonchev–Trinajstić information content (AvgIpc) is 2.88. The molecule has 27 heavy (non-hydrogen) atoms. The lowest BCUT2D eigenvalue weighted by molar-refractivity contribution is 1.03. The largest absolute Gasteiger partial charge is 0.378 e. The lowest BCUT2D eigenvalue weighted by Gasteiger charge is -2.14. The summed E-state index contributed by atoms with van der Waals surface area (Å²) in [4.78, 5) is 6.94. The van der Waals surface area contributed by atoms with Crippen LogP contribution in [-0.4, -0.2) is 25.6 Å². The summed E-state index contributed by atoms with van der Waals surface area (Å²) in [6, 6.07) is 24.8. The summed E-state index contributed by atoms with van der Waals surface area (Å²) >= 11 is 0. The summed E-state index contributed by atoms with van der Waals surface area (Å²) in [6.07, 6.45) is 0. The van der Waals surface area contributed by atoms with E-state index in [4.69, 9.17) is 10.1 Å². The van der Waals surface area contributed by atoms with E-state index in [1.165, 1.54) is 5.56 Å². The van der Waals surface area contributed by atoms with Gasteiger partial charge in [-0.05, 0) is 31.2 Å². The monoisotopic (exact) mass is 354 g/mol. The molecule has 1 heterocycles. The Bertz CT molecular complexity index is 1020. The molecule has 0 aromatic heterocycles. The molecule has 0 aliphatic carbocycles. The van der Waals surface area contributed by atoms with Gasteiger partial charge in [0, 0.05) is 36.5 Å². The zero-order chi connectivity index (χ0) is 18.8. The first-order valence-electron chi connectivity index (χ1n) is 8.98. The van der Waals surface area contributed by atoms with Crippen molar-refractivity contribution in [3.63, 3.8) is 0 Å². The van der Waals surface area contributed by atoms with E-state index in [1.54, 1.807) is 0 Å². The van der Waals surface area contributed by atoms with Crippen molar-refractivity contribution >= 4 is 22.9 Å². The number of nitrogens with zero attached hydrogens (tertiary/aromatic N) is 3. The van der Waals surface area contributed by atoms with Crippen LogP contribution in [0.15, 0.2) is 82.9 Å². The average molecular weight is 354 g/mol. The topological polar surface area (TPSA) is 40.0 Å². The molecule has 1 N–H and O–H groups in total. The second-order valence-corrected chi connectivity index (χ2v) is 6.86. The Labute approximate surface area is 159 Å². The minimum absolute atomic E-state index is 0.751. The van der Waals surface area contributed by atoms with Gasteiger partial charge in [-0.1, -0.05) is 54.1 Å². The summed E-state index contributed by atoms with van der Waals surface area (Å²) in [5.41, 5.74) is 10.4. The summed E-state index contributed by atoms with van der Waals surface area (Å²) in [5, 5.41) is 4.73. The highest BCUT2D eigenvalue weighted by Gasteiger charge is 2.17. The molecule has 0 atom stereocenters. The predicted molar refractivity (Wildman–Crippen MR) is 113 cm³/mol. The van der Waals surface area contributed by atoms with E-state index in [-0.39, 0.29) is 0 Å². The van der Waals surface area contributed by atoms with Crippen molar-refractivity contribution in [1.29, 1.82) is 0 Å². The van der Waals surface area contributed by atoms with Crippen LogP contribution in [0.3, 0.4) is 0 Å². The number of rotatable bonds is 3. The lowest BCUT2D eigenvalue weighted by atomic mass is 9.98. The highest BCUT2D eigenvalue weighted by atomic mass is 15.3. The summed E-state index contributed by atoms with van der Waals surface area (Å²) in [6.45, 7) is 2.09. The maximum Gasteiger partial charge on any atom is 0.154 e. The van der Waals surface area contributed by atoms with E-state index in [1.807, 2.05) is 44.4 Å². The van der Waals surface area contributed by atoms with E-state index < -0.39 is 0 Å². The Balaban J connectivity index is 1.82. The van der Waals surface area contributed by atoms with Crippen LogP contribution in [0.5, 0.6) is 0 Å². The van der Waals surface area contributed by atoms with Crippen molar-refractivity contribution < 1.29 is 0 Å². The van der Waals surface area contributed by atoms with E-state index >= 15 is 0 Å². The minimum Gasteiger partial charge on any atom is -0.378 e. The van der Waals surface area contributed by atoms with Gasteiger partial charge in [0.05, 0.1) is 11.4 Å². The van der Waals surface area contributed by atoms with Crippen molar-refractivity contribution in [2.75, 3.05) is 19.0 Å². The Kier molecular flexibility index (Phi) is 4.47. The third-order valence-corrected chi connectivity index (χ3v) is 4.62. The van der Waals surface area contributed by atoms with Crippen LogP contribution in [0.25, 0.3) is 0 Å². The third-order valence-electron chi connectivity index (χ3n) is 4.62. The molecule has 0 fully saturated rings. The van der Waals surface area contributed by atoms with Crippen LogP contribution < -0.4 is 10.3 Å². The van der Waals surface area contributed by atoms with Gasteiger partial charge >= 0.3 is 0 Å². The second kappa shape index (κ2) is 7.08. The van der Waals surface area contributed by atoms with Crippen LogP contribution in [0.4, 0.5) is 11.4 Å². The maximum atomic E-state index is 4.85. The molecule has 4 rings (SSSR count). The number of aliphatic imine (C=N–C) groups is 1. The van der Waals surface area contributed by atoms with Gasteiger partial charge in [-0.3, -0.25) is 5.43 Å². The molecule has 134 valence electrons. The van der Waals surface area contributed by atoms with Crippen LogP contribution in [0, 0.1) is 6.92 Å². The van der Waals surface area contributed by atoms with Gasteiger partial charge in [0.1, 0.15) is 0 Å². The Morgan fingerprint density at radius 1 is 0.815 bits per heavy atom. The van der Waals surface area contributed by atoms with Crippen molar-refractivity contribution in [2.45, 2.75) is 6.92 Å². The van der Waals surface area contributed by atoms with Gasteiger partial charge in [0.15, 0.2) is 5.84 Å². The standard InChI is InChI=1S/C23H22N4/c1-16-9-14-21-20(15-16)22(17-10-12-19(13-11-17)27(2)3)25-26-23(24-21)18-7-5-4-6-8-18/h4-15H,1-3H3,(H,24,26). The predicted octanol–water partition coefficient (Wildman–Crippen LogP) is 4.49. The van der Waals surface area contributed by atoms with Crippen molar-refractivity contribution in [3.05, 3.63) is 95.1 Å². The number of aryl methyl sites for hydroxylation is 1. The maximum absolute atomic E-state index is 4.85. The van der Waals surface area contributed by atoms with Crippen LogP contribution >= 0.6 is 0 Å². The number of hydrazone groups is 1. The number of amidine groups is 1. The van der Waals surface area contributed by atoms with E-state index in [9.17, 15) is 0 Å². The summed E-state index contributed by atoms with van der Waals surface area (Å²) in [5.74, 6) is 0.751. The number of hydrogen-bond acceptors (Lipinski definition) is 4. The fourth-order valence-corrected chi connectivity index (χ4v) is 3.11. The van der Waals surface area contributed by atoms with Crippen LogP contribution in [-0.2, 0) is 0 Å². The zero-order valence-electron chi connectivity index (χ0n) is 15.8.